The lowest BCUT2D eigenvalue weighted by Gasteiger charge is -2.13. The minimum Gasteiger partial charge on any atom is -0.392 e. The fraction of sp³-hybridized carbons (Fsp3) is 0.333. The first-order valence-electron chi connectivity index (χ1n) is 9.53. The van der Waals surface area contributed by atoms with Gasteiger partial charge in [0.25, 0.3) is 5.91 Å². The fourth-order valence-electron chi connectivity index (χ4n) is 3.09. The largest absolute Gasteiger partial charge is 0.392 e. The van der Waals surface area contributed by atoms with Gasteiger partial charge in [-0.2, -0.15) is 10.4 Å². The van der Waals surface area contributed by atoms with E-state index in [1.54, 1.807) is 47.5 Å². The first kappa shape index (κ1) is 21.6. The van der Waals surface area contributed by atoms with Crippen molar-refractivity contribution in [1.82, 2.24) is 24.6 Å². The van der Waals surface area contributed by atoms with Gasteiger partial charge in [-0.3, -0.25) is 9.48 Å². The number of hydrogen-bond acceptors (Lipinski definition) is 5. The summed E-state index contributed by atoms with van der Waals surface area (Å²) < 4.78 is 3.50. The van der Waals surface area contributed by atoms with Gasteiger partial charge in [-0.05, 0) is 39.0 Å². The molecule has 3 rings (SSSR count). The lowest BCUT2D eigenvalue weighted by molar-refractivity contribution is 0.0931. The summed E-state index contributed by atoms with van der Waals surface area (Å²) in [5.41, 5.74) is 2.27. The van der Waals surface area contributed by atoms with E-state index in [9.17, 15) is 9.90 Å². The Morgan fingerprint density at radius 2 is 2.10 bits per heavy atom. The third kappa shape index (κ3) is 5.06. The number of aromatic nitrogens is 4. The summed E-state index contributed by atoms with van der Waals surface area (Å²) in [5, 5.41) is 26.3. The lowest BCUT2D eigenvalue weighted by Crippen LogP contribution is -2.36. The fourth-order valence-corrected chi connectivity index (χ4v) is 3.32. The molecule has 0 fully saturated rings. The number of carbonyl (C=O) groups excluding carboxylic acids is 1. The van der Waals surface area contributed by atoms with Crippen LogP contribution in [0.4, 0.5) is 0 Å². The Bertz CT molecular complexity index is 1100. The number of aliphatic hydroxyl groups excluding tert-OH is 1. The number of halogens is 1. The van der Waals surface area contributed by atoms with Gasteiger partial charge in [-0.15, -0.1) is 0 Å². The summed E-state index contributed by atoms with van der Waals surface area (Å²) in [6.45, 7) is 6.23. The molecular weight excluding hydrogens is 404 g/mol. The van der Waals surface area contributed by atoms with Crippen LogP contribution in [0.2, 0.25) is 5.02 Å². The topological polar surface area (TPSA) is 109 Å². The standard InChI is InChI=1S/C21H23ClN6O2/c1-13(24-21(30)20-12-27(11-14(2)29)15(3)25-20)10-28-7-6-19(26-28)16-4-5-17(9-23)18(22)8-16/h4-8,12-14,29H,10-11H2,1-3H3,(H,24,30)/t13?,14-/m1/s1. The molecule has 9 heteroatoms. The smallest absolute Gasteiger partial charge is 0.271 e. The Hall–Kier alpha value is -3.15. The van der Waals surface area contributed by atoms with E-state index < -0.39 is 6.10 Å². The first-order chi connectivity index (χ1) is 14.3. The molecule has 1 amide bonds. The summed E-state index contributed by atoms with van der Waals surface area (Å²) in [7, 11) is 0. The van der Waals surface area contributed by atoms with Crippen LogP contribution in [0, 0.1) is 18.3 Å². The van der Waals surface area contributed by atoms with E-state index in [2.05, 4.69) is 15.4 Å². The predicted molar refractivity (Wildman–Crippen MR) is 113 cm³/mol. The van der Waals surface area contributed by atoms with Crippen LogP contribution in [0.25, 0.3) is 11.3 Å². The van der Waals surface area contributed by atoms with Crippen molar-refractivity contribution in [2.24, 2.45) is 0 Å². The normalized spacial score (nSPS) is 12.9. The Labute approximate surface area is 179 Å². The summed E-state index contributed by atoms with van der Waals surface area (Å²) in [4.78, 5) is 16.8. The molecule has 1 aromatic carbocycles. The highest BCUT2D eigenvalue weighted by Gasteiger charge is 2.16. The summed E-state index contributed by atoms with van der Waals surface area (Å²) >= 11 is 6.10. The van der Waals surface area contributed by atoms with E-state index in [1.165, 1.54) is 0 Å². The van der Waals surface area contributed by atoms with Gasteiger partial charge < -0.3 is 15.0 Å². The van der Waals surface area contributed by atoms with E-state index in [1.807, 2.05) is 25.3 Å². The molecular formula is C21H23ClN6O2. The van der Waals surface area contributed by atoms with Crippen molar-refractivity contribution in [3.05, 3.63) is 58.8 Å². The zero-order chi connectivity index (χ0) is 21.8. The van der Waals surface area contributed by atoms with Crippen molar-refractivity contribution in [1.29, 1.82) is 5.26 Å². The van der Waals surface area contributed by atoms with Crippen molar-refractivity contribution < 1.29 is 9.90 Å². The molecule has 30 heavy (non-hydrogen) atoms. The molecule has 0 aliphatic heterocycles. The van der Waals surface area contributed by atoms with E-state index in [4.69, 9.17) is 16.9 Å². The quantitative estimate of drug-likeness (QED) is 0.603. The van der Waals surface area contributed by atoms with E-state index in [-0.39, 0.29) is 11.9 Å². The highest BCUT2D eigenvalue weighted by Crippen LogP contribution is 2.24. The first-order valence-corrected chi connectivity index (χ1v) is 9.90. The minimum atomic E-state index is -0.521. The second-order valence-electron chi connectivity index (χ2n) is 7.28. The number of aliphatic hydroxyl groups is 1. The highest BCUT2D eigenvalue weighted by atomic mass is 35.5. The van der Waals surface area contributed by atoms with Gasteiger partial charge in [0, 0.05) is 30.5 Å². The van der Waals surface area contributed by atoms with Gasteiger partial charge >= 0.3 is 0 Å². The maximum absolute atomic E-state index is 12.5. The van der Waals surface area contributed by atoms with Crippen molar-refractivity contribution in [2.75, 3.05) is 0 Å². The second-order valence-corrected chi connectivity index (χ2v) is 7.69. The van der Waals surface area contributed by atoms with Gasteiger partial charge in [0.05, 0.1) is 28.9 Å². The Balaban J connectivity index is 1.63. The number of rotatable bonds is 7. The predicted octanol–water partition coefficient (Wildman–Crippen LogP) is 2.78. The maximum atomic E-state index is 12.5. The molecule has 0 bridgehead atoms. The van der Waals surface area contributed by atoms with Crippen LogP contribution in [0.3, 0.4) is 0 Å². The van der Waals surface area contributed by atoms with Crippen LogP contribution >= 0.6 is 11.6 Å². The number of imidazole rings is 1. The molecule has 0 spiro atoms. The van der Waals surface area contributed by atoms with Crippen LogP contribution in [0.15, 0.2) is 36.7 Å². The average Bonchev–Trinajstić information content (AvgIpc) is 3.28. The molecule has 0 aliphatic carbocycles. The number of benzene rings is 1. The molecule has 2 aromatic heterocycles. The maximum Gasteiger partial charge on any atom is 0.271 e. The number of nitriles is 1. The minimum absolute atomic E-state index is 0.183. The van der Waals surface area contributed by atoms with E-state index >= 15 is 0 Å². The van der Waals surface area contributed by atoms with E-state index in [0.29, 0.717) is 35.2 Å². The van der Waals surface area contributed by atoms with Gasteiger partial charge in [0.1, 0.15) is 17.6 Å². The summed E-state index contributed by atoms with van der Waals surface area (Å²) in [5.74, 6) is 0.396. The van der Waals surface area contributed by atoms with Crippen LogP contribution in [0.1, 0.15) is 35.7 Å². The Morgan fingerprint density at radius 3 is 2.77 bits per heavy atom. The van der Waals surface area contributed by atoms with Crippen LogP contribution in [0.5, 0.6) is 0 Å². The summed E-state index contributed by atoms with van der Waals surface area (Å²) in [6, 6.07) is 8.88. The van der Waals surface area contributed by atoms with Crippen LogP contribution in [-0.2, 0) is 13.1 Å². The number of carbonyl (C=O) groups is 1. The van der Waals surface area contributed by atoms with Gasteiger partial charge in [-0.25, -0.2) is 4.98 Å². The molecule has 2 N–H and O–H groups in total. The van der Waals surface area contributed by atoms with Crippen LogP contribution in [-0.4, -0.2) is 42.5 Å². The zero-order valence-corrected chi connectivity index (χ0v) is 17.8. The molecule has 0 aliphatic rings. The van der Waals surface area contributed by atoms with Crippen molar-refractivity contribution in [3.8, 4) is 17.3 Å². The molecule has 0 saturated heterocycles. The average molecular weight is 427 g/mol. The van der Waals surface area contributed by atoms with Gasteiger partial charge in [0.2, 0.25) is 0 Å². The number of nitrogens with zero attached hydrogens (tertiary/aromatic N) is 5. The zero-order valence-electron chi connectivity index (χ0n) is 17.0. The molecule has 0 radical (unpaired) electrons. The Morgan fingerprint density at radius 1 is 1.33 bits per heavy atom. The molecule has 156 valence electrons. The van der Waals surface area contributed by atoms with Gasteiger partial charge in [0.15, 0.2) is 0 Å². The third-order valence-electron chi connectivity index (χ3n) is 4.53. The number of aryl methyl sites for hydroxylation is 1. The van der Waals surface area contributed by atoms with Gasteiger partial charge in [-0.1, -0.05) is 17.7 Å². The number of amides is 1. The molecule has 2 heterocycles. The number of hydrogen-bond donors (Lipinski definition) is 2. The molecule has 8 nitrogen and oxygen atoms in total. The third-order valence-corrected chi connectivity index (χ3v) is 4.85. The SMILES string of the molecule is Cc1nc(C(=O)NC(C)Cn2ccc(-c3ccc(C#N)c(Cl)c3)n2)cn1C[C@@H](C)O. The monoisotopic (exact) mass is 426 g/mol. The lowest BCUT2D eigenvalue weighted by atomic mass is 10.1. The van der Waals surface area contributed by atoms with Crippen molar-refractivity contribution in [3.63, 3.8) is 0 Å². The molecule has 1 unspecified atom stereocenters. The Kier molecular flexibility index (Phi) is 6.55. The molecule has 3 aromatic rings. The van der Waals surface area contributed by atoms with Crippen LogP contribution < -0.4 is 5.32 Å². The van der Waals surface area contributed by atoms with Crippen molar-refractivity contribution in [2.45, 2.75) is 46.0 Å². The molecule has 0 saturated carbocycles. The number of nitrogens with one attached hydrogen (secondary N) is 1. The highest BCUT2D eigenvalue weighted by molar-refractivity contribution is 6.32. The van der Waals surface area contributed by atoms with Crippen molar-refractivity contribution >= 4 is 17.5 Å². The molecule has 2 atom stereocenters. The summed E-state index contributed by atoms with van der Waals surface area (Å²) in [6.07, 6.45) is 2.95. The van der Waals surface area contributed by atoms with E-state index in [0.717, 1.165) is 11.3 Å². The second kappa shape index (κ2) is 9.11.